The van der Waals surface area contributed by atoms with E-state index in [1.54, 1.807) is 24.3 Å². The molecule has 2 aromatic carbocycles. The Bertz CT molecular complexity index is 1050. The third kappa shape index (κ3) is 5.95. The van der Waals surface area contributed by atoms with Crippen LogP contribution in [0.2, 0.25) is 0 Å². The first-order chi connectivity index (χ1) is 16.1. The summed E-state index contributed by atoms with van der Waals surface area (Å²) in [6, 6.07) is 15.3. The summed E-state index contributed by atoms with van der Waals surface area (Å²) in [7, 11) is 0. The monoisotopic (exact) mass is 451 g/mol. The number of hydrogen-bond donors (Lipinski definition) is 3. The highest BCUT2D eigenvalue weighted by Crippen LogP contribution is 2.23. The summed E-state index contributed by atoms with van der Waals surface area (Å²) in [6.45, 7) is 3.35. The van der Waals surface area contributed by atoms with Gasteiger partial charge in [0.25, 0.3) is 5.91 Å². The zero-order valence-electron chi connectivity index (χ0n) is 18.4. The number of rotatable bonds is 9. The standard InChI is InChI=1S/C24H29N5O4/c25-15-20-4-2-1-3-17(20)9-10-21(30)16-26-22(31)18-5-7-19(8-6-18)23-27-28-24(33-23)29-11-13-32-14-12-29/h1-8,21,30H,9-16,25H2,(H,26,31). The second-order valence-corrected chi connectivity index (χ2v) is 7.94. The maximum atomic E-state index is 12.5. The first kappa shape index (κ1) is 22.9. The maximum absolute atomic E-state index is 12.5. The van der Waals surface area contributed by atoms with Crippen molar-refractivity contribution in [1.82, 2.24) is 15.5 Å². The molecule has 0 bridgehead atoms. The Morgan fingerprint density at radius 2 is 1.82 bits per heavy atom. The van der Waals surface area contributed by atoms with Gasteiger partial charge in [-0.05, 0) is 48.2 Å². The molecule has 9 heteroatoms. The van der Waals surface area contributed by atoms with E-state index in [1.807, 2.05) is 29.2 Å². The van der Waals surface area contributed by atoms with Crippen molar-refractivity contribution in [3.63, 3.8) is 0 Å². The lowest BCUT2D eigenvalue weighted by atomic mass is 10.0. The van der Waals surface area contributed by atoms with Gasteiger partial charge in [0.05, 0.1) is 19.3 Å². The van der Waals surface area contributed by atoms with Crippen LogP contribution in [0.4, 0.5) is 6.01 Å². The summed E-state index contributed by atoms with van der Waals surface area (Å²) < 4.78 is 11.1. The Hall–Kier alpha value is -3.27. The highest BCUT2D eigenvalue weighted by Gasteiger charge is 2.18. The van der Waals surface area contributed by atoms with Gasteiger partial charge >= 0.3 is 6.01 Å². The lowest BCUT2D eigenvalue weighted by Gasteiger charge is -2.24. The van der Waals surface area contributed by atoms with Gasteiger partial charge in [0.1, 0.15) is 0 Å². The highest BCUT2D eigenvalue weighted by molar-refractivity contribution is 5.94. The number of ether oxygens (including phenoxy) is 1. The molecule has 1 atom stereocenters. The van der Waals surface area contributed by atoms with E-state index in [9.17, 15) is 9.90 Å². The second kappa shape index (κ2) is 11.0. The van der Waals surface area contributed by atoms with E-state index in [0.717, 1.165) is 16.7 Å². The number of morpholine rings is 1. The number of hydrogen-bond acceptors (Lipinski definition) is 8. The van der Waals surface area contributed by atoms with E-state index in [1.165, 1.54) is 0 Å². The van der Waals surface area contributed by atoms with E-state index >= 15 is 0 Å². The van der Waals surface area contributed by atoms with Crippen LogP contribution in [0.25, 0.3) is 11.5 Å². The molecule has 33 heavy (non-hydrogen) atoms. The Morgan fingerprint density at radius 1 is 1.09 bits per heavy atom. The van der Waals surface area contributed by atoms with Gasteiger partial charge in [-0.2, -0.15) is 0 Å². The van der Waals surface area contributed by atoms with Crippen LogP contribution in [-0.2, 0) is 17.7 Å². The van der Waals surface area contributed by atoms with Crippen LogP contribution >= 0.6 is 0 Å². The first-order valence-corrected chi connectivity index (χ1v) is 11.1. The number of benzene rings is 2. The number of nitrogens with zero attached hydrogens (tertiary/aromatic N) is 3. The number of amides is 1. The van der Waals surface area contributed by atoms with E-state index in [0.29, 0.717) is 63.2 Å². The highest BCUT2D eigenvalue weighted by atomic mass is 16.5. The molecule has 1 aromatic heterocycles. The van der Waals surface area contributed by atoms with Gasteiger partial charge < -0.3 is 30.2 Å². The Morgan fingerprint density at radius 3 is 2.55 bits per heavy atom. The predicted molar refractivity (Wildman–Crippen MR) is 124 cm³/mol. The van der Waals surface area contributed by atoms with Gasteiger partial charge in [-0.15, -0.1) is 5.10 Å². The molecule has 9 nitrogen and oxygen atoms in total. The molecule has 3 aromatic rings. The zero-order chi connectivity index (χ0) is 23.0. The number of aliphatic hydroxyl groups excluding tert-OH is 1. The van der Waals surface area contributed by atoms with Gasteiger partial charge in [0.15, 0.2) is 0 Å². The number of aliphatic hydroxyl groups is 1. The quantitative estimate of drug-likeness (QED) is 0.449. The second-order valence-electron chi connectivity index (χ2n) is 7.94. The van der Waals surface area contributed by atoms with Gasteiger partial charge in [-0.25, -0.2) is 0 Å². The van der Waals surface area contributed by atoms with Crippen LogP contribution in [0.3, 0.4) is 0 Å². The fourth-order valence-corrected chi connectivity index (χ4v) is 3.72. The fourth-order valence-electron chi connectivity index (χ4n) is 3.72. The molecule has 0 saturated carbocycles. The molecular weight excluding hydrogens is 422 g/mol. The summed E-state index contributed by atoms with van der Waals surface area (Å²) in [5.41, 5.74) is 9.19. The first-order valence-electron chi connectivity index (χ1n) is 11.1. The summed E-state index contributed by atoms with van der Waals surface area (Å²) in [5.74, 6) is 0.152. The Balaban J connectivity index is 1.27. The van der Waals surface area contributed by atoms with Crippen molar-refractivity contribution in [1.29, 1.82) is 0 Å². The van der Waals surface area contributed by atoms with Crippen LogP contribution < -0.4 is 16.0 Å². The number of anilines is 1. The molecule has 4 N–H and O–H groups in total. The lowest BCUT2D eigenvalue weighted by molar-refractivity contribution is 0.0911. The molecule has 1 unspecified atom stereocenters. The van der Waals surface area contributed by atoms with Crippen molar-refractivity contribution in [2.45, 2.75) is 25.5 Å². The van der Waals surface area contributed by atoms with Crippen molar-refractivity contribution in [2.75, 3.05) is 37.7 Å². The summed E-state index contributed by atoms with van der Waals surface area (Å²) in [5, 5.41) is 21.3. The van der Waals surface area contributed by atoms with Crippen LogP contribution in [0.1, 0.15) is 27.9 Å². The van der Waals surface area contributed by atoms with E-state index < -0.39 is 6.10 Å². The third-order valence-electron chi connectivity index (χ3n) is 5.67. The zero-order valence-corrected chi connectivity index (χ0v) is 18.4. The van der Waals surface area contributed by atoms with Crippen molar-refractivity contribution < 1.29 is 19.1 Å². The largest absolute Gasteiger partial charge is 0.403 e. The van der Waals surface area contributed by atoms with Crippen molar-refractivity contribution in [3.05, 3.63) is 65.2 Å². The molecule has 0 aliphatic carbocycles. The topological polar surface area (TPSA) is 127 Å². The predicted octanol–water partition coefficient (Wildman–Crippen LogP) is 1.76. The van der Waals surface area contributed by atoms with Crippen molar-refractivity contribution >= 4 is 11.9 Å². The average Bonchev–Trinajstić information content (AvgIpc) is 3.37. The normalized spacial score (nSPS) is 14.8. The van der Waals surface area contributed by atoms with Crippen LogP contribution in [0.15, 0.2) is 52.9 Å². The number of aromatic nitrogens is 2. The molecule has 0 radical (unpaired) electrons. The fraction of sp³-hybridized carbons (Fsp3) is 0.375. The molecule has 174 valence electrons. The number of carbonyl (C=O) groups is 1. The maximum Gasteiger partial charge on any atom is 0.318 e. The number of nitrogens with two attached hydrogens (primary N) is 1. The minimum atomic E-state index is -0.643. The van der Waals surface area contributed by atoms with Crippen LogP contribution in [-0.4, -0.2) is 60.2 Å². The molecular formula is C24H29N5O4. The summed E-state index contributed by atoms with van der Waals surface area (Å²) >= 11 is 0. The van der Waals surface area contributed by atoms with Gasteiger partial charge in [-0.1, -0.05) is 29.4 Å². The van der Waals surface area contributed by atoms with E-state index in [-0.39, 0.29) is 12.5 Å². The van der Waals surface area contributed by atoms with Gasteiger partial charge in [0, 0.05) is 37.3 Å². The van der Waals surface area contributed by atoms with Gasteiger partial charge in [-0.3, -0.25) is 4.79 Å². The molecule has 1 saturated heterocycles. The molecule has 0 spiro atoms. The average molecular weight is 452 g/mol. The Kier molecular flexibility index (Phi) is 7.66. The number of carbonyl (C=O) groups excluding carboxylic acids is 1. The van der Waals surface area contributed by atoms with Crippen LogP contribution in [0.5, 0.6) is 0 Å². The lowest BCUT2D eigenvalue weighted by Crippen LogP contribution is -2.36. The summed E-state index contributed by atoms with van der Waals surface area (Å²) in [4.78, 5) is 14.5. The molecule has 4 rings (SSSR count). The number of aryl methyl sites for hydroxylation is 1. The Labute approximate surface area is 192 Å². The van der Waals surface area contributed by atoms with Crippen LogP contribution in [0, 0.1) is 0 Å². The van der Waals surface area contributed by atoms with E-state index in [4.69, 9.17) is 14.9 Å². The molecule has 1 fully saturated rings. The molecule has 2 heterocycles. The third-order valence-corrected chi connectivity index (χ3v) is 5.67. The van der Waals surface area contributed by atoms with Crippen molar-refractivity contribution in [3.8, 4) is 11.5 Å². The smallest absolute Gasteiger partial charge is 0.318 e. The molecule has 1 amide bonds. The minimum Gasteiger partial charge on any atom is -0.403 e. The number of nitrogens with one attached hydrogen (secondary N) is 1. The van der Waals surface area contributed by atoms with E-state index in [2.05, 4.69) is 15.5 Å². The van der Waals surface area contributed by atoms with Gasteiger partial charge in [0.2, 0.25) is 5.89 Å². The van der Waals surface area contributed by atoms with Crippen molar-refractivity contribution in [2.24, 2.45) is 5.73 Å². The molecule has 1 aliphatic rings. The molecule has 1 aliphatic heterocycles. The SMILES string of the molecule is NCc1ccccc1CCC(O)CNC(=O)c1ccc(-c2nnc(N3CCOCC3)o2)cc1. The minimum absolute atomic E-state index is 0.179. The summed E-state index contributed by atoms with van der Waals surface area (Å²) in [6.07, 6.45) is 0.602.